The Bertz CT molecular complexity index is 851. The van der Waals surface area contributed by atoms with Crippen LogP contribution in [-0.4, -0.2) is 9.55 Å². The van der Waals surface area contributed by atoms with E-state index in [1.165, 1.54) is 62.4 Å². The van der Waals surface area contributed by atoms with E-state index in [1.54, 1.807) is 0 Å². The van der Waals surface area contributed by atoms with Crippen molar-refractivity contribution in [1.29, 1.82) is 0 Å². The number of fused-ring (bicyclic) bond motifs is 1. The minimum Gasteiger partial charge on any atom is -0.486 e. The molecule has 0 bridgehead atoms. The number of unbranched alkanes of at least 4 members (excludes halogenated alkanes) is 7. The second kappa shape index (κ2) is 11.6. The number of benzene rings is 2. The van der Waals surface area contributed by atoms with Crippen LogP contribution in [0.15, 0.2) is 48.5 Å². The number of rotatable bonds is 13. The van der Waals surface area contributed by atoms with Crippen molar-refractivity contribution in [3.8, 4) is 5.75 Å². The standard InChI is InChI=1S/C26H36N2O/c1-3-5-6-7-8-9-10-13-20-28-25-15-12-11-14-24(25)27-26(28)21-29-23-18-16-22(4-2)17-19-23/h11-12,14-19H,3-10,13,20-21H2,1-2H3. The Labute approximate surface area is 176 Å². The van der Waals surface area contributed by atoms with Crippen molar-refractivity contribution < 1.29 is 4.74 Å². The van der Waals surface area contributed by atoms with Gasteiger partial charge in [-0.1, -0.05) is 83.1 Å². The summed E-state index contributed by atoms with van der Waals surface area (Å²) in [6.45, 7) is 5.97. The van der Waals surface area contributed by atoms with Crippen LogP contribution in [0.4, 0.5) is 0 Å². The molecule has 0 aliphatic carbocycles. The molecular formula is C26H36N2O. The van der Waals surface area contributed by atoms with Crippen molar-refractivity contribution in [2.45, 2.75) is 84.8 Å². The third-order valence-corrected chi connectivity index (χ3v) is 5.67. The number of aryl methyl sites for hydroxylation is 2. The van der Waals surface area contributed by atoms with Crippen molar-refractivity contribution >= 4 is 11.0 Å². The first-order valence-electron chi connectivity index (χ1n) is 11.5. The van der Waals surface area contributed by atoms with E-state index < -0.39 is 0 Å². The predicted molar refractivity (Wildman–Crippen MR) is 122 cm³/mol. The number of aromatic nitrogens is 2. The fourth-order valence-corrected chi connectivity index (χ4v) is 3.86. The highest BCUT2D eigenvalue weighted by atomic mass is 16.5. The molecule has 3 nitrogen and oxygen atoms in total. The summed E-state index contributed by atoms with van der Waals surface area (Å²) >= 11 is 0. The van der Waals surface area contributed by atoms with Crippen LogP contribution in [-0.2, 0) is 19.6 Å². The topological polar surface area (TPSA) is 27.1 Å². The molecule has 2 aromatic carbocycles. The fraction of sp³-hybridized carbons (Fsp3) is 0.500. The first-order chi connectivity index (χ1) is 14.3. The van der Waals surface area contributed by atoms with Crippen LogP contribution in [0.3, 0.4) is 0 Å². The molecule has 1 aromatic heterocycles. The van der Waals surface area contributed by atoms with Crippen molar-refractivity contribution in [1.82, 2.24) is 9.55 Å². The number of imidazole rings is 1. The fourth-order valence-electron chi connectivity index (χ4n) is 3.86. The Morgan fingerprint density at radius 2 is 1.48 bits per heavy atom. The maximum atomic E-state index is 6.06. The lowest BCUT2D eigenvalue weighted by Gasteiger charge is -2.11. The van der Waals surface area contributed by atoms with Crippen molar-refractivity contribution in [3.05, 3.63) is 59.9 Å². The van der Waals surface area contributed by atoms with Crippen LogP contribution < -0.4 is 4.74 Å². The Morgan fingerprint density at radius 1 is 0.793 bits per heavy atom. The molecule has 0 amide bonds. The minimum absolute atomic E-state index is 0.511. The third-order valence-electron chi connectivity index (χ3n) is 5.67. The van der Waals surface area contributed by atoms with E-state index in [0.29, 0.717) is 6.61 Å². The van der Waals surface area contributed by atoms with Crippen LogP contribution in [0.25, 0.3) is 11.0 Å². The maximum absolute atomic E-state index is 6.06. The lowest BCUT2D eigenvalue weighted by molar-refractivity contribution is 0.289. The van der Waals surface area contributed by atoms with Crippen LogP contribution in [0.5, 0.6) is 5.75 Å². The summed E-state index contributed by atoms with van der Waals surface area (Å²) in [7, 11) is 0. The number of hydrogen-bond donors (Lipinski definition) is 0. The normalized spacial score (nSPS) is 11.2. The smallest absolute Gasteiger partial charge is 0.147 e. The summed E-state index contributed by atoms with van der Waals surface area (Å²) < 4.78 is 8.41. The highest BCUT2D eigenvalue weighted by Gasteiger charge is 2.11. The molecular weight excluding hydrogens is 356 g/mol. The molecule has 0 saturated heterocycles. The van der Waals surface area contributed by atoms with Gasteiger partial charge in [0.2, 0.25) is 0 Å². The van der Waals surface area contributed by atoms with Crippen LogP contribution >= 0.6 is 0 Å². The third kappa shape index (κ3) is 6.35. The van der Waals surface area contributed by atoms with Gasteiger partial charge in [-0.25, -0.2) is 4.98 Å². The quantitative estimate of drug-likeness (QED) is 0.285. The Balaban J connectivity index is 1.57. The number of nitrogens with zero attached hydrogens (tertiary/aromatic N) is 2. The SMILES string of the molecule is CCCCCCCCCCn1c(COc2ccc(CC)cc2)nc2ccccc21. The zero-order valence-corrected chi connectivity index (χ0v) is 18.2. The van der Waals surface area contributed by atoms with E-state index >= 15 is 0 Å². The molecule has 3 rings (SSSR count). The van der Waals surface area contributed by atoms with Gasteiger partial charge in [0.05, 0.1) is 11.0 Å². The largest absolute Gasteiger partial charge is 0.486 e. The molecule has 0 fully saturated rings. The van der Waals surface area contributed by atoms with Crippen molar-refractivity contribution in [2.75, 3.05) is 0 Å². The Morgan fingerprint density at radius 3 is 2.21 bits per heavy atom. The van der Waals surface area contributed by atoms with Gasteiger partial charge in [-0.15, -0.1) is 0 Å². The highest BCUT2D eigenvalue weighted by Crippen LogP contribution is 2.20. The Hall–Kier alpha value is -2.29. The van der Waals surface area contributed by atoms with E-state index in [4.69, 9.17) is 9.72 Å². The summed E-state index contributed by atoms with van der Waals surface area (Å²) in [5, 5.41) is 0. The molecule has 3 aromatic rings. The molecule has 0 atom stereocenters. The van der Waals surface area contributed by atoms with Gasteiger partial charge in [0.25, 0.3) is 0 Å². The van der Waals surface area contributed by atoms with E-state index in [9.17, 15) is 0 Å². The van der Waals surface area contributed by atoms with Gasteiger partial charge in [-0.3, -0.25) is 0 Å². The first kappa shape index (κ1) is 21.4. The highest BCUT2D eigenvalue weighted by molar-refractivity contribution is 5.75. The molecule has 0 aliphatic rings. The van der Waals surface area contributed by atoms with Crippen molar-refractivity contribution in [3.63, 3.8) is 0 Å². The summed E-state index contributed by atoms with van der Waals surface area (Å²) in [6.07, 6.45) is 11.7. The number of ether oxygens (including phenoxy) is 1. The van der Waals surface area contributed by atoms with Gasteiger partial charge in [-0.05, 0) is 42.7 Å². The van der Waals surface area contributed by atoms with Gasteiger partial charge in [-0.2, -0.15) is 0 Å². The van der Waals surface area contributed by atoms with Crippen LogP contribution in [0.2, 0.25) is 0 Å². The molecule has 0 N–H and O–H groups in total. The van der Waals surface area contributed by atoms with Gasteiger partial charge in [0.15, 0.2) is 0 Å². The predicted octanol–water partition coefficient (Wildman–Crippen LogP) is 7.32. The summed E-state index contributed by atoms with van der Waals surface area (Å²) in [4.78, 5) is 4.85. The number of hydrogen-bond acceptors (Lipinski definition) is 2. The first-order valence-corrected chi connectivity index (χ1v) is 11.5. The molecule has 0 radical (unpaired) electrons. The van der Waals surface area contributed by atoms with Crippen LogP contribution in [0, 0.1) is 0 Å². The average Bonchev–Trinajstić information content (AvgIpc) is 3.12. The lowest BCUT2D eigenvalue weighted by atomic mass is 10.1. The van der Waals surface area contributed by atoms with Gasteiger partial charge in [0.1, 0.15) is 18.2 Å². The molecule has 0 saturated carbocycles. The summed E-state index contributed by atoms with van der Waals surface area (Å²) in [5.74, 6) is 1.93. The van der Waals surface area contributed by atoms with E-state index in [0.717, 1.165) is 30.1 Å². The lowest BCUT2D eigenvalue weighted by Crippen LogP contribution is -2.07. The van der Waals surface area contributed by atoms with E-state index in [2.05, 4.69) is 66.9 Å². The molecule has 156 valence electrons. The number of para-hydroxylation sites is 2. The second-order valence-corrected chi connectivity index (χ2v) is 7.93. The minimum atomic E-state index is 0.511. The zero-order valence-electron chi connectivity index (χ0n) is 18.2. The zero-order chi connectivity index (χ0) is 20.3. The van der Waals surface area contributed by atoms with E-state index in [1.807, 2.05) is 0 Å². The van der Waals surface area contributed by atoms with Gasteiger partial charge >= 0.3 is 0 Å². The van der Waals surface area contributed by atoms with Crippen molar-refractivity contribution in [2.24, 2.45) is 0 Å². The van der Waals surface area contributed by atoms with Gasteiger partial charge < -0.3 is 9.30 Å². The maximum Gasteiger partial charge on any atom is 0.147 e. The molecule has 0 unspecified atom stereocenters. The molecule has 0 aliphatic heterocycles. The van der Waals surface area contributed by atoms with Gasteiger partial charge in [0, 0.05) is 6.54 Å². The molecule has 3 heteroatoms. The average molecular weight is 393 g/mol. The Kier molecular flexibility index (Phi) is 8.60. The van der Waals surface area contributed by atoms with Crippen LogP contribution in [0.1, 0.15) is 76.6 Å². The molecule has 29 heavy (non-hydrogen) atoms. The summed E-state index contributed by atoms with van der Waals surface area (Å²) in [5.41, 5.74) is 3.61. The summed E-state index contributed by atoms with van der Waals surface area (Å²) in [6, 6.07) is 16.8. The monoisotopic (exact) mass is 392 g/mol. The molecule has 1 heterocycles. The molecule has 0 spiro atoms. The second-order valence-electron chi connectivity index (χ2n) is 7.93. The van der Waals surface area contributed by atoms with E-state index in [-0.39, 0.29) is 0 Å².